The minimum Gasteiger partial charge on any atom is -0.490 e. The van der Waals surface area contributed by atoms with Gasteiger partial charge in [-0.25, -0.2) is 9.59 Å². The average molecular weight is 472 g/mol. The second-order valence-corrected chi connectivity index (χ2v) is 8.69. The molecule has 12 heteroatoms. The lowest BCUT2D eigenvalue weighted by molar-refractivity contribution is -0.142. The topological polar surface area (TPSA) is 158 Å². The molecule has 0 aromatic rings. The molecule has 188 valence electrons. The number of likely N-dealkylation sites (N-methyl/N-ethyl adjacent to an activating group) is 1. The van der Waals surface area contributed by atoms with Crippen molar-refractivity contribution in [3.05, 3.63) is 12.0 Å². The molecule has 0 bridgehead atoms. The molecule has 5 unspecified atom stereocenters. The summed E-state index contributed by atoms with van der Waals surface area (Å²) in [4.78, 5) is 50.7. The molecule has 0 spiro atoms. The number of nitrogens with one attached hydrogen (secondary N) is 4. The van der Waals surface area contributed by atoms with Gasteiger partial charge in [-0.15, -0.1) is 0 Å². The van der Waals surface area contributed by atoms with Crippen molar-refractivity contribution in [1.82, 2.24) is 26.2 Å². The van der Waals surface area contributed by atoms with Crippen LogP contribution in [0.1, 0.15) is 41.0 Å². The van der Waals surface area contributed by atoms with E-state index < -0.39 is 53.6 Å². The Balaban J connectivity index is 2.79. The summed E-state index contributed by atoms with van der Waals surface area (Å²) >= 11 is 0. The van der Waals surface area contributed by atoms with Crippen LogP contribution in [0.3, 0.4) is 0 Å². The largest absolute Gasteiger partial charge is 0.490 e. The molecule has 0 aromatic heterocycles. The highest BCUT2D eigenvalue weighted by atomic mass is 16.5. The van der Waals surface area contributed by atoms with Crippen LogP contribution in [0, 0.1) is 0 Å². The highest BCUT2D eigenvalue weighted by Crippen LogP contribution is 2.32. The summed E-state index contributed by atoms with van der Waals surface area (Å²) in [5.74, 6) is -1.29. The predicted molar refractivity (Wildman–Crippen MR) is 120 cm³/mol. The van der Waals surface area contributed by atoms with Crippen molar-refractivity contribution < 1.29 is 33.8 Å². The van der Waals surface area contributed by atoms with Gasteiger partial charge in [0.05, 0.1) is 7.11 Å². The Morgan fingerprint density at radius 2 is 1.70 bits per heavy atom. The van der Waals surface area contributed by atoms with Crippen molar-refractivity contribution in [3.8, 4) is 0 Å². The molecule has 1 aliphatic rings. The number of esters is 1. The standard InChI is InChI=1S/C21H37N5O7/c1-11(23-20(30)24-12(2)19(29)32-8)17(27)25-16(13(3)26(6)7)18(28)22-10-15-9-21(5,31)14(4)33-15/h10-14,16,31H,9H2,1-8H3,(H,22,28)(H,25,27)(H2,23,24,30)/b15-10-/t11?,12?,13?,14-,16?,21?/m0/s1. The summed E-state index contributed by atoms with van der Waals surface area (Å²) in [5, 5.41) is 20.3. The summed E-state index contributed by atoms with van der Waals surface area (Å²) < 4.78 is 10.1. The van der Waals surface area contributed by atoms with E-state index in [0.29, 0.717) is 5.76 Å². The Kier molecular flexibility index (Phi) is 10.1. The van der Waals surface area contributed by atoms with Gasteiger partial charge in [-0.3, -0.25) is 9.59 Å². The molecule has 0 radical (unpaired) electrons. The second kappa shape index (κ2) is 11.8. The maximum Gasteiger partial charge on any atom is 0.328 e. The second-order valence-electron chi connectivity index (χ2n) is 8.69. The molecule has 1 aliphatic heterocycles. The average Bonchev–Trinajstić information content (AvgIpc) is 2.99. The van der Waals surface area contributed by atoms with Gasteiger partial charge in [0.2, 0.25) is 11.8 Å². The SMILES string of the molecule is COC(=O)C(C)NC(=O)NC(C)C(=O)NC(C(=O)N/C=C1/CC(C)(O)[C@H](C)O1)C(C)N(C)C. The monoisotopic (exact) mass is 471 g/mol. The molecule has 1 fully saturated rings. The number of methoxy groups -OCH3 is 1. The normalized spacial score (nSPS) is 24.8. The molecule has 4 amide bonds. The van der Waals surface area contributed by atoms with Gasteiger partial charge in [0.15, 0.2) is 0 Å². The fourth-order valence-electron chi connectivity index (χ4n) is 2.94. The third-order valence-electron chi connectivity index (χ3n) is 5.63. The number of hydrogen-bond donors (Lipinski definition) is 5. The molecule has 5 N–H and O–H groups in total. The van der Waals surface area contributed by atoms with Gasteiger partial charge in [0, 0.05) is 18.7 Å². The molecule has 0 aromatic carbocycles. The fourth-order valence-corrected chi connectivity index (χ4v) is 2.94. The van der Waals surface area contributed by atoms with E-state index in [1.807, 2.05) is 0 Å². The molecule has 6 atom stereocenters. The van der Waals surface area contributed by atoms with Crippen molar-refractivity contribution in [1.29, 1.82) is 0 Å². The third-order valence-corrected chi connectivity index (χ3v) is 5.63. The molecule has 1 heterocycles. The molecule has 1 saturated heterocycles. The lowest BCUT2D eigenvalue weighted by Gasteiger charge is -2.29. The Morgan fingerprint density at radius 3 is 2.18 bits per heavy atom. The third kappa shape index (κ3) is 8.21. The van der Waals surface area contributed by atoms with E-state index >= 15 is 0 Å². The number of urea groups is 1. The number of amides is 4. The maximum atomic E-state index is 12.9. The number of nitrogens with zero attached hydrogens (tertiary/aromatic N) is 1. The summed E-state index contributed by atoms with van der Waals surface area (Å²) in [5.41, 5.74) is -1.03. The lowest BCUT2D eigenvalue weighted by atomic mass is 9.99. The van der Waals surface area contributed by atoms with E-state index in [9.17, 15) is 24.3 Å². The first-order valence-corrected chi connectivity index (χ1v) is 10.7. The molecule has 1 rings (SSSR count). The predicted octanol–water partition coefficient (Wildman–Crippen LogP) is -0.812. The van der Waals surface area contributed by atoms with Gasteiger partial charge < -0.3 is 40.7 Å². The zero-order valence-corrected chi connectivity index (χ0v) is 20.5. The molecule has 33 heavy (non-hydrogen) atoms. The van der Waals surface area contributed by atoms with Crippen LogP contribution in [0.4, 0.5) is 4.79 Å². The zero-order valence-electron chi connectivity index (χ0n) is 20.5. The first-order valence-electron chi connectivity index (χ1n) is 10.7. The number of carbonyl (C=O) groups is 4. The fraction of sp³-hybridized carbons (Fsp3) is 0.714. The van der Waals surface area contributed by atoms with Crippen LogP contribution >= 0.6 is 0 Å². The van der Waals surface area contributed by atoms with Gasteiger partial charge in [-0.1, -0.05) is 0 Å². The smallest absolute Gasteiger partial charge is 0.328 e. The summed E-state index contributed by atoms with van der Waals surface area (Å²) in [6, 6.07) is -3.97. The van der Waals surface area contributed by atoms with E-state index in [2.05, 4.69) is 26.0 Å². The molecule has 0 saturated carbocycles. The van der Waals surface area contributed by atoms with Crippen molar-refractivity contribution in [2.45, 2.75) is 76.9 Å². The van der Waals surface area contributed by atoms with Crippen LogP contribution in [0.25, 0.3) is 0 Å². The highest BCUT2D eigenvalue weighted by Gasteiger charge is 2.39. The Morgan fingerprint density at radius 1 is 1.12 bits per heavy atom. The molecular formula is C21H37N5O7. The number of aliphatic hydroxyl groups is 1. The van der Waals surface area contributed by atoms with Crippen LogP contribution in [-0.4, -0.2) is 90.9 Å². The lowest BCUT2D eigenvalue weighted by Crippen LogP contribution is -2.59. The van der Waals surface area contributed by atoms with Crippen molar-refractivity contribution >= 4 is 23.8 Å². The van der Waals surface area contributed by atoms with Gasteiger partial charge in [0.25, 0.3) is 0 Å². The number of rotatable bonds is 9. The summed E-state index contributed by atoms with van der Waals surface area (Å²) in [6.07, 6.45) is 1.21. The van der Waals surface area contributed by atoms with Crippen molar-refractivity contribution in [3.63, 3.8) is 0 Å². The van der Waals surface area contributed by atoms with Crippen LogP contribution < -0.4 is 21.3 Å². The van der Waals surface area contributed by atoms with Crippen LogP contribution in [0.2, 0.25) is 0 Å². The number of carbonyl (C=O) groups excluding carboxylic acids is 4. The maximum absolute atomic E-state index is 12.9. The van der Waals surface area contributed by atoms with Crippen LogP contribution in [-0.2, 0) is 23.9 Å². The van der Waals surface area contributed by atoms with Gasteiger partial charge in [0.1, 0.15) is 35.6 Å². The van der Waals surface area contributed by atoms with E-state index in [-0.39, 0.29) is 12.5 Å². The summed E-state index contributed by atoms with van der Waals surface area (Å²) in [7, 11) is 4.72. The number of hydrogen-bond acceptors (Lipinski definition) is 8. The van der Waals surface area contributed by atoms with E-state index in [1.165, 1.54) is 27.2 Å². The Labute approximate surface area is 194 Å². The summed E-state index contributed by atoms with van der Waals surface area (Å²) in [6.45, 7) is 8.03. The minimum atomic E-state index is -1.03. The highest BCUT2D eigenvalue weighted by molar-refractivity contribution is 5.92. The Bertz CT molecular complexity index is 768. The molecular weight excluding hydrogens is 434 g/mol. The van der Waals surface area contributed by atoms with Gasteiger partial charge >= 0.3 is 12.0 Å². The first kappa shape index (κ1) is 28.2. The first-order chi connectivity index (χ1) is 15.2. The molecule has 0 aliphatic carbocycles. The minimum absolute atomic E-state index is 0.245. The number of ether oxygens (including phenoxy) is 2. The van der Waals surface area contributed by atoms with E-state index in [0.717, 1.165) is 0 Å². The molecule has 12 nitrogen and oxygen atoms in total. The van der Waals surface area contributed by atoms with Crippen LogP contribution in [0.5, 0.6) is 0 Å². The van der Waals surface area contributed by atoms with E-state index in [1.54, 1.807) is 39.8 Å². The van der Waals surface area contributed by atoms with Crippen molar-refractivity contribution in [2.75, 3.05) is 21.2 Å². The van der Waals surface area contributed by atoms with E-state index in [4.69, 9.17) is 4.74 Å². The van der Waals surface area contributed by atoms with Crippen LogP contribution in [0.15, 0.2) is 12.0 Å². The Hall–Kier alpha value is -2.86. The zero-order chi connectivity index (χ0) is 25.5. The van der Waals surface area contributed by atoms with Gasteiger partial charge in [-0.2, -0.15) is 0 Å². The quantitative estimate of drug-likeness (QED) is 0.273. The van der Waals surface area contributed by atoms with Crippen molar-refractivity contribution in [2.24, 2.45) is 0 Å². The van der Waals surface area contributed by atoms with Gasteiger partial charge in [-0.05, 0) is 48.7 Å².